The first-order valence-electron chi connectivity index (χ1n) is 6.09. The number of hydrogen-bond donors (Lipinski definition) is 0. The van der Waals surface area contributed by atoms with Crippen LogP contribution < -0.4 is 0 Å². The Labute approximate surface area is 113 Å². The van der Waals surface area contributed by atoms with Crippen LogP contribution >= 0.6 is 0 Å². The summed E-state index contributed by atoms with van der Waals surface area (Å²) in [5.74, 6) is -0.0878. The van der Waals surface area contributed by atoms with Gasteiger partial charge in [-0.05, 0) is 31.2 Å². The number of nitrogens with zero attached hydrogens (tertiary/aromatic N) is 1. The van der Waals surface area contributed by atoms with Crippen LogP contribution in [0.3, 0.4) is 0 Å². The van der Waals surface area contributed by atoms with E-state index in [4.69, 9.17) is 4.74 Å². The fourth-order valence-electron chi connectivity index (χ4n) is 2.03. The molecule has 2 rings (SSSR count). The van der Waals surface area contributed by atoms with Gasteiger partial charge >= 0.3 is 0 Å². The van der Waals surface area contributed by atoms with E-state index >= 15 is 0 Å². The second kappa shape index (κ2) is 5.30. The molecule has 104 valence electrons. The van der Waals surface area contributed by atoms with E-state index in [0.717, 1.165) is 6.26 Å². The molecule has 1 amide bonds. The van der Waals surface area contributed by atoms with Crippen LogP contribution in [0.5, 0.6) is 0 Å². The minimum atomic E-state index is -3.22. The maximum Gasteiger partial charge on any atom is 0.254 e. The number of benzene rings is 1. The highest BCUT2D eigenvalue weighted by Gasteiger charge is 2.22. The van der Waals surface area contributed by atoms with Gasteiger partial charge in [-0.3, -0.25) is 4.79 Å². The zero-order chi connectivity index (χ0) is 14.0. The molecule has 0 spiro atoms. The molecule has 0 unspecified atom stereocenters. The molecule has 1 aliphatic rings. The Morgan fingerprint density at radius 3 is 2.47 bits per heavy atom. The monoisotopic (exact) mass is 283 g/mol. The second-order valence-corrected chi connectivity index (χ2v) is 6.74. The van der Waals surface area contributed by atoms with Gasteiger partial charge in [0.1, 0.15) is 0 Å². The number of rotatable bonds is 2. The fraction of sp³-hybridized carbons (Fsp3) is 0.462. The molecule has 5 nitrogen and oxygen atoms in total. The van der Waals surface area contributed by atoms with Gasteiger partial charge in [-0.2, -0.15) is 0 Å². The molecule has 0 aromatic heterocycles. The maximum atomic E-state index is 12.2. The summed E-state index contributed by atoms with van der Waals surface area (Å²) in [7, 11) is -3.22. The van der Waals surface area contributed by atoms with Crippen molar-refractivity contribution in [1.29, 1.82) is 0 Å². The lowest BCUT2D eigenvalue weighted by Crippen LogP contribution is -2.44. The summed E-state index contributed by atoms with van der Waals surface area (Å²) in [4.78, 5) is 14.2. The van der Waals surface area contributed by atoms with Gasteiger partial charge in [0.15, 0.2) is 9.84 Å². The van der Waals surface area contributed by atoms with Gasteiger partial charge in [0, 0.05) is 24.9 Å². The summed E-state index contributed by atoms with van der Waals surface area (Å²) in [5.41, 5.74) is 0.501. The Balaban J connectivity index is 2.16. The molecule has 1 aromatic rings. The third-order valence-electron chi connectivity index (χ3n) is 3.06. The van der Waals surface area contributed by atoms with E-state index in [-0.39, 0.29) is 16.9 Å². The largest absolute Gasteiger partial charge is 0.375 e. The SMILES string of the molecule is C[C@H]1CN(C(=O)c2ccc(S(C)(=O)=O)cc2)CCO1. The van der Waals surface area contributed by atoms with Gasteiger partial charge in [-0.25, -0.2) is 8.42 Å². The van der Waals surface area contributed by atoms with Crippen molar-refractivity contribution in [3.63, 3.8) is 0 Å². The van der Waals surface area contributed by atoms with Crippen LogP contribution in [0.25, 0.3) is 0 Å². The molecule has 0 saturated carbocycles. The molecule has 1 aromatic carbocycles. The molecule has 19 heavy (non-hydrogen) atoms. The van der Waals surface area contributed by atoms with Crippen LogP contribution in [-0.4, -0.2) is 51.3 Å². The van der Waals surface area contributed by atoms with Crippen LogP contribution in [0.15, 0.2) is 29.2 Å². The summed E-state index contributed by atoms with van der Waals surface area (Å²) < 4.78 is 28.1. The van der Waals surface area contributed by atoms with Crippen molar-refractivity contribution in [2.45, 2.75) is 17.9 Å². The van der Waals surface area contributed by atoms with E-state index in [1.165, 1.54) is 12.1 Å². The van der Waals surface area contributed by atoms with Crippen molar-refractivity contribution < 1.29 is 17.9 Å². The van der Waals surface area contributed by atoms with Gasteiger partial charge in [0.2, 0.25) is 0 Å². The molecule has 0 radical (unpaired) electrons. The third-order valence-corrected chi connectivity index (χ3v) is 4.19. The quantitative estimate of drug-likeness (QED) is 0.810. The first kappa shape index (κ1) is 14.0. The van der Waals surface area contributed by atoms with Crippen molar-refractivity contribution in [3.8, 4) is 0 Å². The molecule has 1 atom stereocenters. The molecule has 1 aliphatic heterocycles. The number of ether oxygens (including phenoxy) is 1. The first-order chi connectivity index (χ1) is 8.88. The molecule has 1 heterocycles. The van der Waals surface area contributed by atoms with Crippen LogP contribution in [0.4, 0.5) is 0 Å². The molecule has 0 bridgehead atoms. The Kier molecular flexibility index (Phi) is 3.91. The van der Waals surface area contributed by atoms with Gasteiger partial charge in [-0.15, -0.1) is 0 Å². The lowest BCUT2D eigenvalue weighted by Gasteiger charge is -2.31. The Bertz CT molecular complexity index is 565. The summed E-state index contributed by atoms with van der Waals surface area (Å²) >= 11 is 0. The van der Waals surface area contributed by atoms with Crippen LogP contribution in [0.1, 0.15) is 17.3 Å². The van der Waals surface area contributed by atoms with Gasteiger partial charge in [-0.1, -0.05) is 0 Å². The van der Waals surface area contributed by atoms with Gasteiger partial charge in [0.05, 0.1) is 17.6 Å². The van der Waals surface area contributed by atoms with Gasteiger partial charge < -0.3 is 9.64 Å². The molecule has 1 fully saturated rings. The number of carbonyl (C=O) groups excluding carboxylic acids is 1. The van der Waals surface area contributed by atoms with Crippen molar-refractivity contribution in [2.24, 2.45) is 0 Å². The van der Waals surface area contributed by atoms with Crippen LogP contribution in [-0.2, 0) is 14.6 Å². The summed E-state index contributed by atoms with van der Waals surface area (Å²) in [6.07, 6.45) is 1.18. The molecule has 1 saturated heterocycles. The van der Waals surface area contributed by atoms with E-state index in [2.05, 4.69) is 0 Å². The molecule has 0 N–H and O–H groups in total. The van der Waals surface area contributed by atoms with E-state index in [0.29, 0.717) is 25.3 Å². The first-order valence-corrected chi connectivity index (χ1v) is 7.98. The molecule has 6 heteroatoms. The average Bonchev–Trinajstić information content (AvgIpc) is 2.37. The topological polar surface area (TPSA) is 63.7 Å². The number of sulfone groups is 1. The number of amides is 1. The van der Waals surface area contributed by atoms with Crippen molar-refractivity contribution in [2.75, 3.05) is 26.0 Å². The van der Waals surface area contributed by atoms with E-state index in [1.54, 1.807) is 17.0 Å². The number of hydrogen-bond acceptors (Lipinski definition) is 4. The highest BCUT2D eigenvalue weighted by molar-refractivity contribution is 7.90. The second-order valence-electron chi connectivity index (χ2n) is 4.73. The zero-order valence-corrected chi connectivity index (χ0v) is 11.8. The zero-order valence-electron chi connectivity index (χ0n) is 11.0. The van der Waals surface area contributed by atoms with E-state index in [9.17, 15) is 13.2 Å². The van der Waals surface area contributed by atoms with Crippen LogP contribution in [0.2, 0.25) is 0 Å². The third kappa shape index (κ3) is 3.33. The highest BCUT2D eigenvalue weighted by Crippen LogP contribution is 2.14. The Morgan fingerprint density at radius 1 is 1.32 bits per heavy atom. The lowest BCUT2D eigenvalue weighted by atomic mass is 10.2. The predicted octanol–water partition coefficient (Wildman–Crippen LogP) is 0.951. The minimum absolute atomic E-state index is 0.0352. The van der Waals surface area contributed by atoms with Gasteiger partial charge in [0.25, 0.3) is 5.91 Å². The van der Waals surface area contributed by atoms with E-state index < -0.39 is 9.84 Å². The summed E-state index contributed by atoms with van der Waals surface area (Å²) in [5, 5.41) is 0. The Morgan fingerprint density at radius 2 is 1.95 bits per heavy atom. The Hall–Kier alpha value is -1.40. The summed E-state index contributed by atoms with van der Waals surface area (Å²) in [6.45, 7) is 3.59. The highest BCUT2D eigenvalue weighted by atomic mass is 32.2. The molecule has 0 aliphatic carbocycles. The lowest BCUT2D eigenvalue weighted by molar-refractivity contribution is -0.0124. The average molecular weight is 283 g/mol. The number of morpholine rings is 1. The maximum absolute atomic E-state index is 12.2. The molecular weight excluding hydrogens is 266 g/mol. The molecular formula is C13H17NO4S. The predicted molar refractivity (Wildman–Crippen MR) is 70.9 cm³/mol. The fourth-order valence-corrected chi connectivity index (χ4v) is 2.66. The van der Waals surface area contributed by atoms with Crippen LogP contribution in [0, 0.1) is 0 Å². The minimum Gasteiger partial charge on any atom is -0.375 e. The van der Waals surface area contributed by atoms with Crippen molar-refractivity contribution in [3.05, 3.63) is 29.8 Å². The normalized spacial score (nSPS) is 20.3. The van der Waals surface area contributed by atoms with E-state index in [1.807, 2.05) is 6.92 Å². The van der Waals surface area contributed by atoms with Crippen molar-refractivity contribution in [1.82, 2.24) is 4.90 Å². The summed E-state index contributed by atoms with van der Waals surface area (Å²) in [6, 6.07) is 6.04. The standard InChI is InChI=1S/C13H17NO4S/c1-10-9-14(7-8-18-10)13(15)11-3-5-12(6-4-11)19(2,16)17/h3-6,10H,7-9H2,1-2H3/t10-/m0/s1. The smallest absolute Gasteiger partial charge is 0.254 e. The number of carbonyl (C=O) groups is 1. The van der Waals surface area contributed by atoms with Crippen molar-refractivity contribution >= 4 is 15.7 Å².